The Kier molecular flexibility index (Phi) is 3.36. The van der Waals surface area contributed by atoms with E-state index in [9.17, 15) is 0 Å². The molecule has 0 fully saturated rings. The summed E-state index contributed by atoms with van der Waals surface area (Å²) in [7, 11) is 0. The SMILES string of the molecule is Cc1nc(NCc2ccc3c(c2)OCO3)nc(Cl)c1C. The van der Waals surface area contributed by atoms with Crippen molar-refractivity contribution in [3.05, 3.63) is 40.2 Å². The lowest BCUT2D eigenvalue weighted by Crippen LogP contribution is -2.05. The van der Waals surface area contributed by atoms with Crippen LogP contribution in [0.1, 0.15) is 16.8 Å². The maximum atomic E-state index is 6.05. The smallest absolute Gasteiger partial charge is 0.231 e. The number of nitrogens with one attached hydrogen (secondary N) is 1. The lowest BCUT2D eigenvalue weighted by molar-refractivity contribution is 0.174. The second-order valence-electron chi connectivity index (χ2n) is 4.59. The molecule has 0 saturated heterocycles. The van der Waals surface area contributed by atoms with Crippen molar-refractivity contribution >= 4 is 17.5 Å². The third kappa shape index (κ3) is 2.49. The highest BCUT2D eigenvalue weighted by molar-refractivity contribution is 6.30. The van der Waals surface area contributed by atoms with Crippen LogP contribution in [0.15, 0.2) is 18.2 Å². The summed E-state index contributed by atoms with van der Waals surface area (Å²) in [6.07, 6.45) is 0. The van der Waals surface area contributed by atoms with Gasteiger partial charge in [0, 0.05) is 17.8 Å². The van der Waals surface area contributed by atoms with Crippen LogP contribution >= 0.6 is 11.6 Å². The molecule has 6 heteroatoms. The van der Waals surface area contributed by atoms with Gasteiger partial charge in [0.1, 0.15) is 5.15 Å². The van der Waals surface area contributed by atoms with Gasteiger partial charge in [0.15, 0.2) is 11.5 Å². The van der Waals surface area contributed by atoms with Crippen molar-refractivity contribution < 1.29 is 9.47 Å². The zero-order valence-corrected chi connectivity index (χ0v) is 12.0. The van der Waals surface area contributed by atoms with Crippen molar-refractivity contribution in [1.82, 2.24) is 9.97 Å². The summed E-state index contributed by atoms with van der Waals surface area (Å²) < 4.78 is 10.6. The first kappa shape index (κ1) is 13.0. The van der Waals surface area contributed by atoms with Crippen LogP contribution in [0.4, 0.5) is 5.95 Å². The lowest BCUT2D eigenvalue weighted by atomic mass is 10.2. The molecular weight excluding hydrogens is 278 g/mol. The van der Waals surface area contributed by atoms with E-state index in [0.29, 0.717) is 17.6 Å². The Morgan fingerprint density at radius 1 is 1.20 bits per heavy atom. The molecule has 0 saturated carbocycles. The molecule has 2 heterocycles. The van der Waals surface area contributed by atoms with Gasteiger partial charge in [-0.05, 0) is 31.5 Å². The molecule has 1 aliphatic rings. The fourth-order valence-electron chi connectivity index (χ4n) is 1.90. The van der Waals surface area contributed by atoms with E-state index in [2.05, 4.69) is 15.3 Å². The predicted octanol–water partition coefficient (Wildman–Crippen LogP) is 3.09. The van der Waals surface area contributed by atoms with Crippen molar-refractivity contribution in [1.29, 1.82) is 0 Å². The number of nitrogens with zero attached hydrogens (tertiary/aromatic N) is 2. The fraction of sp³-hybridized carbons (Fsp3) is 0.286. The summed E-state index contributed by atoms with van der Waals surface area (Å²) in [6.45, 7) is 4.69. The highest BCUT2D eigenvalue weighted by Gasteiger charge is 2.13. The molecule has 3 rings (SSSR count). The monoisotopic (exact) mass is 291 g/mol. The lowest BCUT2D eigenvalue weighted by Gasteiger charge is -2.08. The number of ether oxygens (including phenoxy) is 2. The van der Waals surface area contributed by atoms with Crippen molar-refractivity contribution in [2.24, 2.45) is 0 Å². The predicted molar refractivity (Wildman–Crippen MR) is 76.4 cm³/mol. The van der Waals surface area contributed by atoms with Gasteiger partial charge in [0.25, 0.3) is 0 Å². The second kappa shape index (κ2) is 5.17. The number of aryl methyl sites for hydroxylation is 1. The summed E-state index contributed by atoms with van der Waals surface area (Å²) in [5.74, 6) is 2.07. The van der Waals surface area contributed by atoms with Crippen molar-refractivity contribution in [3.63, 3.8) is 0 Å². The molecule has 20 heavy (non-hydrogen) atoms. The van der Waals surface area contributed by atoms with Crippen LogP contribution in [0, 0.1) is 13.8 Å². The van der Waals surface area contributed by atoms with E-state index in [1.54, 1.807) is 0 Å². The molecule has 5 nitrogen and oxygen atoms in total. The number of halogens is 1. The summed E-state index contributed by atoms with van der Waals surface area (Å²) in [5, 5.41) is 3.64. The summed E-state index contributed by atoms with van der Waals surface area (Å²) in [4.78, 5) is 8.57. The van der Waals surface area contributed by atoms with Crippen molar-refractivity contribution in [2.75, 3.05) is 12.1 Å². The van der Waals surface area contributed by atoms with Gasteiger partial charge in [-0.15, -0.1) is 0 Å². The third-order valence-electron chi connectivity index (χ3n) is 3.22. The van der Waals surface area contributed by atoms with E-state index >= 15 is 0 Å². The molecule has 0 radical (unpaired) electrons. The maximum absolute atomic E-state index is 6.05. The Hall–Kier alpha value is -2.01. The zero-order chi connectivity index (χ0) is 14.1. The van der Waals surface area contributed by atoms with Crippen molar-refractivity contribution in [3.8, 4) is 11.5 Å². The molecule has 0 aliphatic carbocycles. The molecular formula is C14H14ClN3O2. The highest BCUT2D eigenvalue weighted by atomic mass is 35.5. The summed E-state index contributed by atoms with van der Waals surface area (Å²) >= 11 is 6.05. The minimum atomic E-state index is 0.280. The topological polar surface area (TPSA) is 56.3 Å². The van der Waals surface area contributed by atoms with Gasteiger partial charge in [0.2, 0.25) is 12.7 Å². The van der Waals surface area contributed by atoms with E-state index in [1.807, 2.05) is 32.0 Å². The molecule has 1 aromatic carbocycles. The number of aromatic nitrogens is 2. The van der Waals surface area contributed by atoms with Crippen LogP contribution < -0.4 is 14.8 Å². The Morgan fingerprint density at radius 3 is 2.80 bits per heavy atom. The number of fused-ring (bicyclic) bond motifs is 1. The van der Waals surface area contributed by atoms with Crippen LogP contribution in [0.2, 0.25) is 5.15 Å². The summed E-state index contributed by atoms with van der Waals surface area (Å²) in [6, 6.07) is 5.81. The molecule has 0 atom stereocenters. The number of benzene rings is 1. The van der Waals surface area contributed by atoms with Crippen LogP contribution in [-0.4, -0.2) is 16.8 Å². The van der Waals surface area contributed by atoms with Gasteiger partial charge < -0.3 is 14.8 Å². The van der Waals surface area contributed by atoms with Gasteiger partial charge >= 0.3 is 0 Å². The van der Waals surface area contributed by atoms with E-state index in [4.69, 9.17) is 21.1 Å². The first-order valence-electron chi connectivity index (χ1n) is 6.26. The average Bonchev–Trinajstić information content (AvgIpc) is 2.89. The van der Waals surface area contributed by atoms with Crippen LogP contribution in [0.5, 0.6) is 11.5 Å². The van der Waals surface area contributed by atoms with E-state index in [0.717, 1.165) is 28.3 Å². The maximum Gasteiger partial charge on any atom is 0.231 e. The molecule has 1 aliphatic heterocycles. The Morgan fingerprint density at radius 2 is 2.00 bits per heavy atom. The molecule has 0 bridgehead atoms. The third-order valence-corrected chi connectivity index (χ3v) is 3.59. The molecule has 1 N–H and O–H groups in total. The average molecular weight is 292 g/mol. The molecule has 1 aromatic heterocycles. The van der Waals surface area contributed by atoms with E-state index < -0.39 is 0 Å². The van der Waals surface area contributed by atoms with E-state index in [1.165, 1.54) is 0 Å². The van der Waals surface area contributed by atoms with Gasteiger partial charge in [-0.3, -0.25) is 0 Å². The van der Waals surface area contributed by atoms with Gasteiger partial charge in [-0.1, -0.05) is 17.7 Å². The van der Waals surface area contributed by atoms with Crippen molar-refractivity contribution in [2.45, 2.75) is 20.4 Å². The van der Waals surface area contributed by atoms with Crippen LogP contribution in [0.3, 0.4) is 0 Å². The quantitative estimate of drug-likeness (QED) is 0.881. The fourth-order valence-corrected chi connectivity index (χ4v) is 2.12. The first-order chi connectivity index (χ1) is 9.63. The van der Waals surface area contributed by atoms with Gasteiger partial charge in [-0.2, -0.15) is 0 Å². The van der Waals surface area contributed by atoms with Gasteiger partial charge in [0.05, 0.1) is 0 Å². The minimum absolute atomic E-state index is 0.280. The number of anilines is 1. The number of rotatable bonds is 3. The molecule has 104 valence electrons. The Labute approximate surface area is 121 Å². The van der Waals surface area contributed by atoms with Crippen LogP contribution in [0.25, 0.3) is 0 Å². The number of hydrogen-bond donors (Lipinski definition) is 1. The van der Waals surface area contributed by atoms with E-state index in [-0.39, 0.29) is 6.79 Å². The Bertz CT molecular complexity index is 638. The molecule has 0 amide bonds. The summed E-state index contributed by atoms with van der Waals surface area (Å²) in [5.41, 5.74) is 2.84. The minimum Gasteiger partial charge on any atom is -0.454 e. The largest absolute Gasteiger partial charge is 0.454 e. The second-order valence-corrected chi connectivity index (χ2v) is 4.95. The molecule has 0 unspecified atom stereocenters. The number of hydrogen-bond acceptors (Lipinski definition) is 5. The normalized spacial score (nSPS) is 12.6. The van der Waals surface area contributed by atoms with Gasteiger partial charge in [-0.25, -0.2) is 9.97 Å². The molecule has 2 aromatic rings. The molecule has 0 spiro atoms. The zero-order valence-electron chi connectivity index (χ0n) is 11.2. The first-order valence-corrected chi connectivity index (χ1v) is 6.64. The highest BCUT2D eigenvalue weighted by Crippen LogP contribution is 2.32. The standard InChI is InChI=1S/C14H14ClN3O2/c1-8-9(2)17-14(18-13(8)15)16-6-10-3-4-11-12(5-10)20-7-19-11/h3-5H,6-7H2,1-2H3,(H,16,17,18). The Balaban J connectivity index is 1.73. The van der Waals surface area contributed by atoms with Crippen LogP contribution in [-0.2, 0) is 6.54 Å².